The Morgan fingerprint density at radius 2 is 2.17 bits per heavy atom. The number of aromatic nitrogens is 2. The van der Waals surface area contributed by atoms with Gasteiger partial charge in [0.25, 0.3) is 5.88 Å². The first-order valence-corrected chi connectivity index (χ1v) is 9.38. The molecule has 1 heterocycles. The van der Waals surface area contributed by atoms with Crippen molar-refractivity contribution in [3.05, 3.63) is 16.3 Å². The predicted molar refractivity (Wildman–Crippen MR) is 69.5 cm³/mol. The summed E-state index contributed by atoms with van der Waals surface area (Å²) in [6, 6.07) is 1.04. The van der Waals surface area contributed by atoms with Gasteiger partial charge in [0.2, 0.25) is 0 Å². The highest BCUT2D eigenvalue weighted by Crippen LogP contribution is 2.25. The summed E-state index contributed by atoms with van der Waals surface area (Å²) in [5.41, 5.74) is -0.147. The predicted octanol–water partition coefficient (Wildman–Crippen LogP) is 2.11. The Morgan fingerprint density at radius 3 is 2.67 bits per heavy atom. The third-order valence-corrected chi connectivity index (χ3v) is 4.08. The number of hydrogen-bond donors (Lipinski definition) is 0. The molecule has 0 aromatic carbocycles. The van der Waals surface area contributed by atoms with Crippen molar-refractivity contribution in [1.29, 1.82) is 0 Å². The number of nitro groups is 1. The SMILES string of the molecule is COc1c([N+](=O)[O-])cnn1COCC[Si](C)(C)C. The highest BCUT2D eigenvalue weighted by molar-refractivity contribution is 6.76. The molecule has 0 amide bonds. The zero-order chi connectivity index (χ0) is 13.8. The van der Waals surface area contributed by atoms with Crippen LogP contribution in [0.1, 0.15) is 0 Å². The molecule has 0 saturated heterocycles. The maximum atomic E-state index is 10.7. The molecular weight excluding hydrogens is 254 g/mol. The zero-order valence-electron chi connectivity index (χ0n) is 11.2. The molecule has 0 spiro atoms. The molecule has 0 bridgehead atoms. The van der Waals surface area contributed by atoms with Gasteiger partial charge in [-0.1, -0.05) is 19.6 Å². The highest BCUT2D eigenvalue weighted by atomic mass is 28.3. The van der Waals surface area contributed by atoms with Crippen LogP contribution in [-0.4, -0.2) is 36.5 Å². The van der Waals surface area contributed by atoms with Gasteiger partial charge in [-0.25, -0.2) is 4.68 Å². The fourth-order valence-corrected chi connectivity index (χ4v) is 2.08. The van der Waals surface area contributed by atoms with E-state index in [9.17, 15) is 10.1 Å². The molecule has 8 heteroatoms. The fourth-order valence-electron chi connectivity index (χ4n) is 1.32. The van der Waals surface area contributed by atoms with Crippen molar-refractivity contribution < 1.29 is 14.4 Å². The molecule has 0 radical (unpaired) electrons. The van der Waals surface area contributed by atoms with Gasteiger partial charge < -0.3 is 9.47 Å². The van der Waals surface area contributed by atoms with Crippen LogP contribution in [0.2, 0.25) is 25.7 Å². The van der Waals surface area contributed by atoms with Gasteiger partial charge in [-0.3, -0.25) is 10.1 Å². The molecule has 1 aromatic heterocycles. The van der Waals surface area contributed by atoms with Gasteiger partial charge in [0.15, 0.2) is 0 Å². The quantitative estimate of drug-likeness (QED) is 0.329. The van der Waals surface area contributed by atoms with E-state index >= 15 is 0 Å². The second-order valence-corrected chi connectivity index (χ2v) is 10.8. The van der Waals surface area contributed by atoms with Crippen molar-refractivity contribution in [2.45, 2.75) is 32.4 Å². The van der Waals surface area contributed by atoms with Gasteiger partial charge in [-0.15, -0.1) is 0 Å². The number of ether oxygens (including phenoxy) is 2. The monoisotopic (exact) mass is 273 g/mol. The molecule has 1 rings (SSSR count). The van der Waals surface area contributed by atoms with Gasteiger partial charge in [0, 0.05) is 14.7 Å². The van der Waals surface area contributed by atoms with E-state index < -0.39 is 13.0 Å². The second-order valence-electron chi connectivity index (χ2n) is 5.14. The molecule has 7 nitrogen and oxygen atoms in total. The molecule has 0 aliphatic heterocycles. The van der Waals surface area contributed by atoms with Gasteiger partial charge in [0.05, 0.1) is 12.0 Å². The lowest BCUT2D eigenvalue weighted by atomic mass is 10.6. The number of hydrogen-bond acceptors (Lipinski definition) is 5. The summed E-state index contributed by atoms with van der Waals surface area (Å²) >= 11 is 0. The average Bonchev–Trinajstić information content (AvgIpc) is 2.66. The molecule has 0 atom stereocenters. The van der Waals surface area contributed by atoms with Crippen LogP contribution in [0.4, 0.5) is 5.69 Å². The third-order valence-electron chi connectivity index (χ3n) is 2.37. The fraction of sp³-hybridized carbons (Fsp3) is 0.700. The van der Waals surface area contributed by atoms with E-state index in [-0.39, 0.29) is 18.3 Å². The van der Waals surface area contributed by atoms with Gasteiger partial charge in [-0.05, 0) is 6.04 Å². The summed E-state index contributed by atoms with van der Waals surface area (Å²) in [6.45, 7) is 7.58. The standard InChI is InChI=1S/C10H19N3O4Si/c1-16-10-9(13(14)15)7-11-12(10)8-17-5-6-18(2,3)4/h7H,5-6,8H2,1-4H3. The maximum Gasteiger partial charge on any atom is 0.350 e. The van der Waals surface area contributed by atoms with E-state index in [0.717, 1.165) is 6.04 Å². The molecule has 0 unspecified atom stereocenters. The molecule has 1 aromatic rings. The van der Waals surface area contributed by atoms with Crippen molar-refractivity contribution in [3.8, 4) is 5.88 Å². The van der Waals surface area contributed by atoms with Crippen molar-refractivity contribution in [2.24, 2.45) is 0 Å². The highest BCUT2D eigenvalue weighted by Gasteiger charge is 2.21. The van der Waals surface area contributed by atoms with Crippen molar-refractivity contribution in [3.63, 3.8) is 0 Å². The molecule has 18 heavy (non-hydrogen) atoms. The molecule has 102 valence electrons. The second kappa shape index (κ2) is 5.96. The minimum Gasteiger partial charge on any atom is -0.476 e. The van der Waals surface area contributed by atoms with Gasteiger partial charge in [0.1, 0.15) is 12.9 Å². The molecule has 0 aliphatic rings. The Labute approximate surface area is 107 Å². The molecule has 0 saturated carbocycles. The Bertz CT molecular complexity index is 414. The minimum absolute atomic E-state index is 0.119. The van der Waals surface area contributed by atoms with Crippen LogP contribution < -0.4 is 4.74 Å². The van der Waals surface area contributed by atoms with E-state index in [2.05, 4.69) is 24.7 Å². The van der Waals surface area contributed by atoms with Crippen molar-refractivity contribution >= 4 is 13.8 Å². The van der Waals surface area contributed by atoms with Crippen molar-refractivity contribution in [2.75, 3.05) is 13.7 Å². The van der Waals surface area contributed by atoms with E-state index in [1.54, 1.807) is 0 Å². The topological polar surface area (TPSA) is 79.4 Å². The van der Waals surface area contributed by atoms with Crippen LogP contribution in [-0.2, 0) is 11.5 Å². The average molecular weight is 273 g/mol. The van der Waals surface area contributed by atoms with Crippen LogP contribution >= 0.6 is 0 Å². The Morgan fingerprint density at radius 1 is 1.50 bits per heavy atom. The summed E-state index contributed by atoms with van der Waals surface area (Å²) in [6.07, 6.45) is 1.17. The maximum absolute atomic E-state index is 10.7. The summed E-state index contributed by atoms with van der Waals surface area (Å²) in [5, 5.41) is 14.6. The number of rotatable bonds is 7. The Balaban J connectivity index is 2.55. The van der Waals surface area contributed by atoms with E-state index in [4.69, 9.17) is 9.47 Å². The summed E-state index contributed by atoms with van der Waals surface area (Å²) in [5.74, 6) is 0.119. The Hall–Kier alpha value is -1.41. The summed E-state index contributed by atoms with van der Waals surface area (Å²) in [7, 11) is 0.253. The third kappa shape index (κ3) is 4.11. The lowest BCUT2D eigenvalue weighted by molar-refractivity contribution is -0.385. The van der Waals surface area contributed by atoms with Gasteiger partial charge >= 0.3 is 5.69 Å². The molecule has 0 N–H and O–H groups in total. The molecule has 0 fully saturated rings. The van der Waals surface area contributed by atoms with Crippen LogP contribution in [0.15, 0.2) is 6.20 Å². The first-order valence-electron chi connectivity index (χ1n) is 5.67. The van der Waals surface area contributed by atoms with Gasteiger partial charge in [-0.2, -0.15) is 5.10 Å². The van der Waals surface area contributed by atoms with E-state index in [1.807, 2.05) is 0 Å². The largest absolute Gasteiger partial charge is 0.476 e. The number of methoxy groups -OCH3 is 1. The normalized spacial score (nSPS) is 11.6. The Kier molecular flexibility index (Phi) is 4.85. The smallest absolute Gasteiger partial charge is 0.350 e. The van der Waals surface area contributed by atoms with E-state index in [0.29, 0.717) is 6.61 Å². The lowest BCUT2D eigenvalue weighted by Gasteiger charge is -2.15. The first kappa shape index (κ1) is 14.6. The first-order chi connectivity index (χ1) is 8.35. The minimum atomic E-state index is -1.12. The van der Waals surface area contributed by atoms with E-state index in [1.165, 1.54) is 18.0 Å². The zero-order valence-corrected chi connectivity index (χ0v) is 12.2. The van der Waals surface area contributed by atoms with Crippen LogP contribution in [0.5, 0.6) is 5.88 Å². The molecule has 0 aliphatic carbocycles. The number of nitrogens with zero attached hydrogens (tertiary/aromatic N) is 3. The lowest BCUT2D eigenvalue weighted by Crippen LogP contribution is -2.22. The van der Waals surface area contributed by atoms with Crippen LogP contribution in [0.25, 0.3) is 0 Å². The van der Waals surface area contributed by atoms with Crippen LogP contribution in [0, 0.1) is 10.1 Å². The van der Waals surface area contributed by atoms with Crippen molar-refractivity contribution in [1.82, 2.24) is 9.78 Å². The summed E-state index contributed by atoms with van der Waals surface area (Å²) < 4.78 is 11.8. The molecular formula is C10H19N3O4Si. The summed E-state index contributed by atoms with van der Waals surface area (Å²) in [4.78, 5) is 10.2. The van der Waals surface area contributed by atoms with Crippen LogP contribution in [0.3, 0.4) is 0 Å².